The highest BCUT2D eigenvalue weighted by molar-refractivity contribution is 5.94. The molecular weight excluding hydrogens is 306 g/mol. The molecule has 0 aliphatic carbocycles. The molecule has 0 bridgehead atoms. The molecule has 1 atom stereocenters. The van der Waals surface area contributed by atoms with Gasteiger partial charge in [-0.05, 0) is 38.5 Å². The van der Waals surface area contributed by atoms with Crippen molar-refractivity contribution in [2.24, 2.45) is 0 Å². The smallest absolute Gasteiger partial charge is 0.226 e. The number of anilines is 1. The lowest BCUT2D eigenvalue weighted by molar-refractivity contribution is -0.116. The van der Waals surface area contributed by atoms with Crippen LogP contribution in [-0.4, -0.2) is 29.4 Å². The summed E-state index contributed by atoms with van der Waals surface area (Å²) in [5.74, 6) is 2.15. The van der Waals surface area contributed by atoms with E-state index in [0.29, 0.717) is 24.5 Å². The molecule has 1 amide bonds. The van der Waals surface area contributed by atoms with E-state index < -0.39 is 0 Å². The number of ether oxygens (including phenoxy) is 2. The molecule has 3 rings (SSSR count). The molecule has 1 aliphatic rings. The summed E-state index contributed by atoms with van der Waals surface area (Å²) >= 11 is 0. The van der Waals surface area contributed by atoms with Gasteiger partial charge in [-0.3, -0.25) is 4.79 Å². The second-order valence-electron chi connectivity index (χ2n) is 6.14. The Morgan fingerprint density at radius 2 is 2.17 bits per heavy atom. The molecule has 2 heterocycles. The number of carbonyl (C=O) groups excluding carboxylic acids is 1. The Balaban J connectivity index is 2.04. The molecule has 6 heteroatoms. The van der Waals surface area contributed by atoms with Gasteiger partial charge >= 0.3 is 0 Å². The normalized spacial score (nSPS) is 16.7. The molecule has 1 aromatic carbocycles. The van der Waals surface area contributed by atoms with E-state index in [4.69, 9.17) is 9.47 Å². The number of rotatable bonds is 5. The number of amides is 1. The summed E-state index contributed by atoms with van der Waals surface area (Å²) in [5.41, 5.74) is 2.06. The highest BCUT2D eigenvalue weighted by Gasteiger charge is 2.31. The predicted molar refractivity (Wildman–Crippen MR) is 91.9 cm³/mol. The van der Waals surface area contributed by atoms with Gasteiger partial charge in [0.2, 0.25) is 5.91 Å². The molecule has 6 nitrogen and oxygen atoms in total. The third-order valence-electron chi connectivity index (χ3n) is 4.23. The van der Waals surface area contributed by atoms with Gasteiger partial charge in [0.25, 0.3) is 0 Å². The van der Waals surface area contributed by atoms with Crippen LogP contribution in [-0.2, 0) is 4.79 Å². The lowest BCUT2D eigenvalue weighted by atomic mass is 9.87. The van der Waals surface area contributed by atoms with Crippen molar-refractivity contribution in [3.63, 3.8) is 0 Å². The molecule has 0 saturated carbocycles. The third kappa shape index (κ3) is 2.84. The van der Waals surface area contributed by atoms with E-state index in [1.807, 2.05) is 49.8 Å². The Morgan fingerprint density at radius 3 is 2.83 bits per heavy atom. The van der Waals surface area contributed by atoms with Crippen LogP contribution < -0.4 is 14.8 Å². The van der Waals surface area contributed by atoms with Crippen LogP contribution >= 0.6 is 0 Å². The summed E-state index contributed by atoms with van der Waals surface area (Å²) in [5, 5.41) is 7.40. The molecule has 24 heavy (non-hydrogen) atoms. The summed E-state index contributed by atoms with van der Waals surface area (Å²) in [6, 6.07) is 6.02. The Bertz CT molecular complexity index is 752. The number of benzene rings is 1. The van der Waals surface area contributed by atoms with Crippen molar-refractivity contribution in [2.75, 3.05) is 19.0 Å². The molecule has 1 aliphatic heterocycles. The Labute approximate surface area is 141 Å². The first kappa shape index (κ1) is 16.4. The van der Waals surface area contributed by atoms with Gasteiger partial charge in [0.15, 0.2) is 11.5 Å². The van der Waals surface area contributed by atoms with Gasteiger partial charge in [-0.2, -0.15) is 5.10 Å². The van der Waals surface area contributed by atoms with Crippen molar-refractivity contribution < 1.29 is 14.3 Å². The minimum Gasteiger partial charge on any atom is -0.493 e. The zero-order chi connectivity index (χ0) is 17.3. The monoisotopic (exact) mass is 329 g/mol. The zero-order valence-corrected chi connectivity index (χ0v) is 14.5. The molecule has 128 valence electrons. The number of hydrogen-bond acceptors (Lipinski definition) is 4. The van der Waals surface area contributed by atoms with Crippen LogP contribution in [0.15, 0.2) is 24.4 Å². The van der Waals surface area contributed by atoms with Gasteiger partial charge in [-0.1, -0.05) is 6.07 Å². The fourth-order valence-electron chi connectivity index (χ4n) is 3.11. The summed E-state index contributed by atoms with van der Waals surface area (Å²) in [6.07, 6.45) is 2.25. The number of hydrogen-bond donors (Lipinski definition) is 1. The predicted octanol–water partition coefficient (Wildman–Crippen LogP) is 3.35. The Morgan fingerprint density at radius 1 is 1.38 bits per heavy atom. The standard InChI is InChI=1S/C18H23N3O3/c1-5-24-16-8-12(6-7-15(16)23-4)13-9-17(22)20-18-14(13)10-19-21(18)11(2)3/h6-8,10-11,13H,5,9H2,1-4H3,(H,20,22)/t13-/m0/s1. The quantitative estimate of drug-likeness (QED) is 0.913. The minimum absolute atomic E-state index is 0.00341. The molecule has 2 aromatic rings. The average molecular weight is 329 g/mol. The fourth-order valence-corrected chi connectivity index (χ4v) is 3.11. The van der Waals surface area contributed by atoms with Crippen LogP contribution in [0.1, 0.15) is 50.3 Å². The fraction of sp³-hybridized carbons (Fsp3) is 0.444. The van der Waals surface area contributed by atoms with E-state index in [9.17, 15) is 4.79 Å². The highest BCUT2D eigenvalue weighted by Crippen LogP contribution is 2.40. The topological polar surface area (TPSA) is 65.4 Å². The maximum Gasteiger partial charge on any atom is 0.226 e. The molecule has 0 spiro atoms. The third-order valence-corrected chi connectivity index (χ3v) is 4.23. The van der Waals surface area contributed by atoms with Crippen molar-refractivity contribution >= 4 is 11.7 Å². The molecule has 0 saturated heterocycles. The maximum absolute atomic E-state index is 12.2. The highest BCUT2D eigenvalue weighted by atomic mass is 16.5. The van der Waals surface area contributed by atoms with Crippen LogP contribution in [0.3, 0.4) is 0 Å². The maximum atomic E-state index is 12.2. The van der Waals surface area contributed by atoms with Gasteiger partial charge in [0.1, 0.15) is 5.82 Å². The molecule has 0 unspecified atom stereocenters. The van der Waals surface area contributed by atoms with Gasteiger partial charge in [-0.25, -0.2) is 4.68 Å². The van der Waals surface area contributed by atoms with Gasteiger partial charge < -0.3 is 14.8 Å². The number of fused-ring (bicyclic) bond motifs is 1. The average Bonchev–Trinajstić information content (AvgIpc) is 2.98. The molecule has 0 fully saturated rings. The largest absolute Gasteiger partial charge is 0.493 e. The SMILES string of the molecule is CCOc1cc([C@@H]2CC(=O)Nc3c2cnn3C(C)C)ccc1OC. The summed E-state index contributed by atoms with van der Waals surface area (Å²) in [4.78, 5) is 12.2. The number of nitrogens with zero attached hydrogens (tertiary/aromatic N) is 2. The Kier molecular flexibility index (Phi) is 4.46. The van der Waals surface area contributed by atoms with E-state index in [0.717, 1.165) is 16.9 Å². The van der Waals surface area contributed by atoms with Crippen molar-refractivity contribution in [3.8, 4) is 11.5 Å². The summed E-state index contributed by atoms with van der Waals surface area (Å²) in [6.45, 7) is 6.58. The van der Waals surface area contributed by atoms with Crippen LogP contribution in [0.5, 0.6) is 11.5 Å². The van der Waals surface area contributed by atoms with Crippen molar-refractivity contribution in [1.29, 1.82) is 0 Å². The second kappa shape index (κ2) is 6.55. The lowest BCUT2D eigenvalue weighted by Gasteiger charge is -2.25. The van der Waals surface area contributed by atoms with Crippen LogP contribution in [0.25, 0.3) is 0 Å². The minimum atomic E-state index is -0.0358. The van der Waals surface area contributed by atoms with E-state index >= 15 is 0 Å². The van der Waals surface area contributed by atoms with Crippen molar-refractivity contribution in [3.05, 3.63) is 35.5 Å². The van der Waals surface area contributed by atoms with Gasteiger partial charge in [0.05, 0.1) is 19.9 Å². The number of nitrogens with one attached hydrogen (secondary N) is 1. The lowest BCUT2D eigenvalue weighted by Crippen LogP contribution is -2.25. The molecule has 1 aromatic heterocycles. The second-order valence-corrected chi connectivity index (χ2v) is 6.14. The van der Waals surface area contributed by atoms with Crippen molar-refractivity contribution in [2.45, 2.75) is 39.2 Å². The first-order valence-electron chi connectivity index (χ1n) is 8.23. The molecule has 0 radical (unpaired) electrons. The van der Waals surface area contributed by atoms with Crippen molar-refractivity contribution in [1.82, 2.24) is 9.78 Å². The first-order chi connectivity index (χ1) is 11.5. The van der Waals surface area contributed by atoms with E-state index in [-0.39, 0.29) is 17.9 Å². The molecular formula is C18H23N3O3. The van der Waals surface area contributed by atoms with Gasteiger partial charge in [0, 0.05) is 23.9 Å². The van der Waals surface area contributed by atoms with Crippen LogP contribution in [0, 0.1) is 0 Å². The van der Waals surface area contributed by atoms with E-state index in [2.05, 4.69) is 10.4 Å². The van der Waals surface area contributed by atoms with Gasteiger partial charge in [-0.15, -0.1) is 0 Å². The van der Waals surface area contributed by atoms with E-state index in [1.54, 1.807) is 7.11 Å². The van der Waals surface area contributed by atoms with E-state index in [1.165, 1.54) is 0 Å². The first-order valence-corrected chi connectivity index (χ1v) is 8.23. The number of methoxy groups -OCH3 is 1. The van der Waals surface area contributed by atoms with Crippen LogP contribution in [0.2, 0.25) is 0 Å². The summed E-state index contributed by atoms with van der Waals surface area (Å²) < 4.78 is 12.9. The summed E-state index contributed by atoms with van der Waals surface area (Å²) in [7, 11) is 1.62. The molecule has 1 N–H and O–H groups in total. The Hall–Kier alpha value is -2.50. The zero-order valence-electron chi connectivity index (χ0n) is 14.5. The van der Waals surface area contributed by atoms with Crippen LogP contribution in [0.4, 0.5) is 5.82 Å². The number of aromatic nitrogens is 2. The number of carbonyl (C=O) groups is 1.